The number of halogens is 1. The molecule has 1 atom stereocenters. The Labute approximate surface area is 158 Å². The van der Waals surface area contributed by atoms with Crippen molar-refractivity contribution in [2.45, 2.75) is 25.1 Å². The van der Waals surface area contributed by atoms with Gasteiger partial charge in [-0.25, -0.2) is 12.7 Å². The summed E-state index contributed by atoms with van der Waals surface area (Å²) in [6.45, 7) is 0.940. The van der Waals surface area contributed by atoms with Crippen LogP contribution in [0.4, 0.5) is 0 Å². The highest BCUT2D eigenvalue weighted by atomic mass is 35.5. The van der Waals surface area contributed by atoms with E-state index in [9.17, 15) is 13.2 Å². The van der Waals surface area contributed by atoms with Gasteiger partial charge in [-0.2, -0.15) is 0 Å². The lowest BCUT2D eigenvalue weighted by molar-refractivity contribution is -0.126. The van der Waals surface area contributed by atoms with Crippen LogP contribution < -0.4 is 5.32 Å². The van der Waals surface area contributed by atoms with Crippen LogP contribution in [0.5, 0.6) is 0 Å². The minimum absolute atomic E-state index is 0.117. The maximum atomic E-state index is 12.7. The van der Waals surface area contributed by atoms with Gasteiger partial charge in [0.15, 0.2) is 0 Å². The van der Waals surface area contributed by atoms with Gasteiger partial charge in [0.1, 0.15) is 5.76 Å². The van der Waals surface area contributed by atoms with E-state index in [0.29, 0.717) is 42.3 Å². The minimum atomic E-state index is -3.50. The molecule has 8 heteroatoms. The van der Waals surface area contributed by atoms with Crippen LogP contribution in [0.3, 0.4) is 0 Å². The Hall–Kier alpha value is -1.83. The van der Waals surface area contributed by atoms with E-state index in [-0.39, 0.29) is 24.1 Å². The number of rotatable bonds is 6. The first kappa shape index (κ1) is 18.9. The van der Waals surface area contributed by atoms with E-state index in [1.165, 1.54) is 4.31 Å². The third-order valence-electron chi connectivity index (χ3n) is 4.40. The van der Waals surface area contributed by atoms with Crippen LogP contribution in [-0.2, 0) is 27.1 Å². The monoisotopic (exact) mass is 396 g/mol. The number of furan rings is 1. The van der Waals surface area contributed by atoms with Crippen molar-refractivity contribution in [2.75, 3.05) is 13.1 Å². The molecule has 1 amide bonds. The first-order valence-corrected chi connectivity index (χ1v) is 10.4. The molecule has 0 saturated carbocycles. The molecular weight excluding hydrogens is 376 g/mol. The van der Waals surface area contributed by atoms with Gasteiger partial charge in [-0.15, -0.1) is 0 Å². The quantitative estimate of drug-likeness (QED) is 0.814. The zero-order chi connectivity index (χ0) is 18.6. The molecule has 0 bridgehead atoms. The lowest BCUT2D eigenvalue weighted by Gasteiger charge is -2.31. The van der Waals surface area contributed by atoms with Gasteiger partial charge >= 0.3 is 0 Å². The van der Waals surface area contributed by atoms with Gasteiger partial charge in [-0.1, -0.05) is 23.7 Å². The van der Waals surface area contributed by atoms with Gasteiger partial charge in [0, 0.05) is 18.1 Å². The Morgan fingerprint density at radius 2 is 2.15 bits per heavy atom. The summed E-state index contributed by atoms with van der Waals surface area (Å²) in [7, 11) is -3.50. The van der Waals surface area contributed by atoms with Gasteiger partial charge in [0.2, 0.25) is 15.9 Å². The van der Waals surface area contributed by atoms with Crippen molar-refractivity contribution in [1.29, 1.82) is 0 Å². The van der Waals surface area contributed by atoms with E-state index in [1.54, 1.807) is 42.7 Å². The molecule has 1 aliphatic rings. The zero-order valence-electron chi connectivity index (χ0n) is 14.2. The zero-order valence-corrected chi connectivity index (χ0v) is 15.8. The lowest BCUT2D eigenvalue weighted by Crippen LogP contribution is -2.45. The van der Waals surface area contributed by atoms with Crippen molar-refractivity contribution in [2.24, 2.45) is 5.92 Å². The fourth-order valence-electron chi connectivity index (χ4n) is 3.07. The summed E-state index contributed by atoms with van der Waals surface area (Å²) in [5.41, 5.74) is 0.641. The number of amides is 1. The molecule has 3 rings (SSSR count). The standard InChI is InChI=1S/C18H21ClN2O4S/c19-16-6-1-4-14(10-16)13-26(23,24)21-8-2-5-15(12-21)18(22)20-11-17-7-3-9-25-17/h1,3-4,6-7,9-10,15H,2,5,8,11-13H2,(H,20,22)/t15-/m1/s1. The number of carbonyl (C=O) groups excluding carboxylic acids is 1. The second-order valence-electron chi connectivity index (χ2n) is 6.38. The molecule has 26 heavy (non-hydrogen) atoms. The smallest absolute Gasteiger partial charge is 0.224 e. The Morgan fingerprint density at radius 1 is 1.31 bits per heavy atom. The molecule has 1 aromatic carbocycles. The van der Waals surface area contributed by atoms with Crippen molar-refractivity contribution >= 4 is 27.5 Å². The fraction of sp³-hybridized carbons (Fsp3) is 0.389. The fourth-order valence-corrected chi connectivity index (χ4v) is 4.88. The molecular formula is C18H21ClN2O4S. The van der Waals surface area contributed by atoms with Gasteiger partial charge in [-0.05, 0) is 42.7 Å². The molecule has 1 aliphatic heterocycles. The van der Waals surface area contributed by atoms with Crippen molar-refractivity contribution in [3.63, 3.8) is 0 Å². The predicted octanol–water partition coefficient (Wildman–Crippen LogP) is 2.79. The largest absolute Gasteiger partial charge is 0.467 e. The number of hydrogen-bond donors (Lipinski definition) is 1. The molecule has 0 spiro atoms. The summed E-state index contributed by atoms with van der Waals surface area (Å²) in [5, 5.41) is 3.32. The highest BCUT2D eigenvalue weighted by Crippen LogP contribution is 2.22. The van der Waals surface area contributed by atoms with Crippen LogP contribution in [0.2, 0.25) is 5.02 Å². The maximum absolute atomic E-state index is 12.7. The minimum Gasteiger partial charge on any atom is -0.467 e. The number of piperidine rings is 1. The van der Waals surface area contributed by atoms with E-state index >= 15 is 0 Å². The van der Waals surface area contributed by atoms with Crippen LogP contribution in [-0.4, -0.2) is 31.7 Å². The second kappa shape index (κ2) is 8.24. The number of sulfonamides is 1. The number of carbonyl (C=O) groups is 1. The second-order valence-corrected chi connectivity index (χ2v) is 8.79. The van der Waals surface area contributed by atoms with Gasteiger partial charge in [-0.3, -0.25) is 4.79 Å². The van der Waals surface area contributed by atoms with E-state index in [0.717, 1.165) is 0 Å². The molecule has 2 heterocycles. The number of nitrogens with one attached hydrogen (secondary N) is 1. The summed E-state index contributed by atoms with van der Waals surface area (Å²) in [6.07, 6.45) is 2.88. The molecule has 6 nitrogen and oxygen atoms in total. The third-order valence-corrected chi connectivity index (χ3v) is 6.46. The Morgan fingerprint density at radius 3 is 2.88 bits per heavy atom. The third kappa shape index (κ3) is 4.87. The summed E-state index contributed by atoms with van der Waals surface area (Å²) >= 11 is 5.93. The summed E-state index contributed by atoms with van der Waals surface area (Å²) in [5.74, 6) is 0.0467. The molecule has 1 aromatic heterocycles. The summed E-state index contributed by atoms with van der Waals surface area (Å²) < 4.78 is 32.0. The van der Waals surface area contributed by atoms with Crippen molar-refractivity contribution in [3.05, 3.63) is 59.0 Å². The molecule has 1 fully saturated rings. The molecule has 0 aliphatic carbocycles. The molecule has 2 aromatic rings. The van der Waals surface area contributed by atoms with Gasteiger partial charge in [0.25, 0.3) is 0 Å². The van der Waals surface area contributed by atoms with Crippen LogP contribution in [0.1, 0.15) is 24.2 Å². The first-order chi connectivity index (χ1) is 12.4. The normalized spacial score (nSPS) is 18.6. The van der Waals surface area contributed by atoms with E-state index in [1.807, 2.05) is 0 Å². The highest BCUT2D eigenvalue weighted by Gasteiger charge is 2.32. The van der Waals surface area contributed by atoms with E-state index in [2.05, 4.69) is 5.32 Å². The van der Waals surface area contributed by atoms with E-state index < -0.39 is 10.0 Å². The van der Waals surface area contributed by atoms with Crippen LogP contribution in [0.15, 0.2) is 47.1 Å². The predicted molar refractivity (Wildman–Crippen MR) is 98.9 cm³/mol. The number of benzene rings is 1. The summed E-state index contributed by atoms with van der Waals surface area (Å²) in [6, 6.07) is 10.4. The molecule has 1 saturated heterocycles. The lowest BCUT2D eigenvalue weighted by atomic mass is 9.99. The first-order valence-electron chi connectivity index (χ1n) is 8.46. The number of nitrogens with zero attached hydrogens (tertiary/aromatic N) is 1. The van der Waals surface area contributed by atoms with Crippen molar-refractivity contribution in [3.8, 4) is 0 Å². The molecule has 1 N–H and O–H groups in total. The Kier molecular flexibility index (Phi) is 6.01. The topological polar surface area (TPSA) is 79.6 Å². The SMILES string of the molecule is O=C(NCc1ccco1)[C@@H]1CCCN(S(=O)(=O)Cc2cccc(Cl)c2)C1. The van der Waals surface area contributed by atoms with E-state index in [4.69, 9.17) is 16.0 Å². The van der Waals surface area contributed by atoms with Crippen molar-refractivity contribution < 1.29 is 17.6 Å². The molecule has 0 unspecified atom stereocenters. The maximum Gasteiger partial charge on any atom is 0.224 e. The van der Waals surface area contributed by atoms with Crippen LogP contribution in [0.25, 0.3) is 0 Å². The summed E-state index contributed by atoms with van der Waals surface area (Å²) in [4.78, 5) is 12.4. The number of hydrogen-bond acceptors (Lipinski definition) is 4. The Bertz CT molecular complexity index is 852. The van der Waals surface area contributed by atoms with Crippen LogP contribution in [0, 0.1) is 5.92 Å². The van der Waals surface area contributed by atoms with Gasteiger partial charge < -0.3 is 9.73 Å². The van der Waals surface area contributed by atoms with Crippen LogP contribution >= 0.6 is 11.6 Å². The average molecular weight is 397 g/mol. The van der Waals surface area contributed by atoms with Crippen molar-refractivity contribution in [1.82, 2.24) is 9.62 Å². The molecule has 0 radical (unpaired) electrons. The average Bonchev–Trinajstić information content (AvgIpc) is 3.13. The Balaban J connectivity index is 1.60. The van der Waals surface area contributed by atoms with Gasteiger partial charge in [0.05, 0.1) is 24.5 Å². The molecule has 140 valence electrons. The highest BCUT2D eigenvalue weighted by molar-refractivity contribution is 7.88.